The second kappa shape index (κ2) is 6.76. The molecule has 0 radical (unpaired) electrons. The van der Waals surface area contributed by atoms with Gasteiger partial charge in [-0.05, 0) is 43.9 Å². The molecule has 1 heterocycles. The number of anilines is 1. The van der Waals surface area contributed by atoms with Crippen molar-refractivity contribution in [2.24, 2.45) is 5.92 Å². The summed E-state index contributed by atoms with van der Waals surface area (Å²) in [7, 11) is 0. The Kier molecular flexibility index (Phi) is 5.03. The van der Waals surface area contributed by atoms with E-state index in [0.29, 0.717) is 22.5 Å². The summed E-state index contributed by atoms with van der Waals surface area (Å²) < 4.78 is 0. The van der Waals surface area contributed by atoms with Crippen molar-refractivity contribution in [2.75, 3.05) is 18.4 Å². The monoisotopic (exact) mass is 278 g/mol. The molecule has 0 aliphatic carbocycles. The van der Waals surface area contributed by atoms with E-state index in [1.54, 1.807) is 18.2 Å². The third kappa shape index (κ3) is 3.84. The number of benzene rings is 1. The number of hydrogen-bond donors (Lipinski definition) is 3. The van der Waals surface area contributed by atoms with Gasteiger partial charge in [0.1, 0.15) is 6.07 Å². The van der Waals surface area contributed by atoms with Gasteiger partial charge in [0, 0.05) is 24.2 Å². The lowest BCUT2D eigenvalue weighted by Crippen LogP contribution is -2.28. The van der Waals surface area contributed by atoms with E-state index in [1.807, 2.05) is 0 Å². The Balaban J connectivity index is 1.79. The van der Waals surface area contributed by atoms with E-state index in [0.717, 1.165) is 31.6 Å². The summed E-state index contributed by atoms with van der Waals surface area (Å²) in [5, 5.41) is 13.0. The molecule has 4 nitrogen and oxygen atoms in total. The highest BCUT2D eigenvalue weighted by molar-refractivity contribution is 6.30. The molecule has 0 spiro atoms. The predicted octanol–water partition coefficient (Wildman–Crippen LogP) is 2.52. The van der Waals surface area contributed by atoms with Crippen LogP contribution in [0.4, 0.5) is 5.69 Å². The quantitative estimate of drug-likeness (QED) is 0.725. The van der Waals surface area contributed by atoms with Gasteiger partial charge >= 0.3 is 0 Å². The highest BCUT2D eigenvalue weighted by Gasteiger charge is 2.21. The van der Waals surface area contributed by atoms with E-state index in [9.17, 15) is 0 Å². The topological polar surface area (TPSA) is 59.9 Å². The van der Waals surface area contributed by atoms with Gasteiger partial charge in [-0.15, -0.1) is 0 Å². The number of hydrogen-bond acceptors (Lipinski definition) is 4. The molecule has 1 aliphatic heterocycles. The van der Waals surface area contributed by atoms with Crippen molar-refractivity contribution in [3.05, 3.63) is 28.8 Å². The van der Waals surface area contributed by atoms with E-state index in [-0.39, 0.29) is 0 Å². The number of nitriles is 1. The largest absolute Gasteiger partial charge is 0.384 e. The van der Waals surface area contributed by atoms with Gasteiger partial charge in [-0.25, -0.2) is 0 Å². The Bertz CT molecular complexity index is 469. The second-order valence-corrected chi connectivity index (χ2v) is 5.38. The molecule has 2 unspecified atom stereocenters. The highest BCUT2D eigenvalue weighted by Crippen LogP contribution is 2.21. The number of halogens is 1. The van der Waals surface area contributed by atoms with Crippen molar-refractivity contribution in [3.63, 3.8) is 0 Å². The van der Waals surface area contributed by atoms with Crippen LogP contribution in [0.5, 0.6) is 0 Å². The van der Waals surface area contributed by atoms with Crippen molar-refractivity contribution < 1.29 is 0 Å². The Morgan fingerprint density at radius 1 is 1.53 bits per heavy atom. The number of nitrogens with one attached hydrogen (secondary N) is 3. The summed E-state index contributed by atoms with van der Waals surface area (Å²) in [5.74, 6) is 0.677. The molecule has 5 heteroatoms. The average Bonchev–Trinajstić information content (AvgIpc) is 2.80. The third-order valence-corrected chi connectivity index (χ3v) is 3.81. The summed E-state index contributed by atoms with van der Waals surface area (Å²) in [6.07, 6.45) is 2.24. The SMILES string of the molecule is CC1NNCC1CCCNc1cc(Cl)ccc1C#N. The summed E-state index contributed by atoms with van der Waals surface area (Å²) in [5.41, 5.74) is 7.86. The van der Waals surface area contributed by atoms with Crippen LogP contribution in [0.15, 0.2) is 18.2 Å². The second-order valence-electron chi connectivity index (χ2n) is 4.94. The first-order valence-corrected chi connectivity index (χ1v) is 7.00. The summed E-state index contributed by atoms with van der Waals surface area (Å²) in [6.45, 7) is 4.09. The van der Waals surface area contributed by atoms with Gasteiger partial charge in [0.25, 0.3) is 0 Å². The van der Waals surface area contributed by atoms with Crippen LogP contribution < -0.4 is 16.2 Å². The molecule has 1 saturated heterocycles. The Hall–Kier alpha value is -1.28. The maximum atomic E-state index is 9.02. The summed E-state index contributed by atoms with van der Waals surface area (Å²) in [6, 6.07) is 7.99. The standard InChI is InChI=1S/C14H19ClN4/c1-10-12(9-18-19-10)3-2-6-17-14-7-13(15)5-4-11(14)8-16/h4-5,7,10,12,17-19H,2-3,6,9H2,1H3. The molecular formula is C14H19ClN4. The first kappa shape index (κ1) is 14.1. The minimum absolute atomic E-state index is 0.529. The molecule has 1 aromatic rings. The Labute approximate surface area is 119 Å². The minimum Gasteiger partial charge on any atom is -0.384 e. The van der Waals surface area contributed by atoms with E-state index in [1.165, 1.54) is 0 Å². The average molecular weight is 279 g/mol. The normalized spacial score (nSPS) is 22.2. The molecule has 102 valence electrons. The van der Waals surface area contributed by atoms with Crippen molar-refractivity contribution in [3.8, 4) is 6.07 Å². The zero-order valence-electron chi connectivity index (χ0n) is 11.0. The van der Waals surface area contributed by atoms with Crippen LogP contribution in [-0.2, 0) is 0 Å². The number of nitrogens with zero attached hydrogens (tertiary/aromatic N) is 1. The van der Waals surface area contributed by atoms with Crippen molar-refractivity contribution >= 4 is 17.3 Å². The zero-order chi connectivity index (χ0) is 13.7. The lowest BCUT2D eigenvalue weighted by atomic mass is 9.98. The molecular weight excluding hydrogens is 260 g/mol. The highest BCUT2D eigenvalue weighted by atomic mass is 35.5. The van der Waals surface area contributed by atoms with Gasteiger partial charge in [-0.1, -0.05) is 11.6 Å². The van der Waals surface area contributed by atoms with Gasteiger partial charge < -0.3 is 5.32 Å². The van der Waals surface area contributed by atoms with E-state index < -0.39 is 0 Å². The van der Waals surface area contributed by atoms with Crippen molar-refractivity contribution in [2.45, 2.75) is 25.8 Å². The number of hydrazine groups is 1. The molecule has 0 bridgehead atoms. The fourth-order valence-corrected chi connectivity index (χ4v) is 2.52. The lowest BCUT2D eigenvalue weighted by molar-refractivity contribution is 0.452. The Morgan fingerprint density at radius 2 is 2.37 bits per heavy atom. The van der Waals surface area contributed by atoms with Gasteiger partial charge in [0.05, 0.1) is 11.3 Å². The van der Waals surface area contributed by atoms with Gasteiger partial charge in [0.15, 0.2) is 0 Å². The fourth-order valence-electron chi connectivity index (χ4n) is 2.35. The molecule has 1 aromatic carbocycles. The third-order valence-electron chi connectivity index (χ3n) is 3.57. The smallest absolute Gasteiger partial charge is 0.101 e. The van der Waals surface area contributed by atoms with Crippen molar-refractivity contribution in [1.82, 2.24) is 10.9 Å². The van der Waals surface area contributed by atoms with E-state index in [2.05, 4.69) is 29.2 Å². The molecule has 2 atom stereocenters. The maximum Gasteiger partial charge on any atom is 0.101 e. The van der Waals surface area contributed by atoms with Gasteiger partial charge in [-0.3, -0.25) is 10.9 Å². The van der Waals surface area contributed by atoms with Crippen LogP contribution >= 0.6 is 11.6 Å². The summed E-state index contributed by atoms with van der Waals surface area (Å²) >= 11 is 5.94. The molecule has 1 fully saturated rings. The molecule has 0 aromatic heterocycles. The molecule has 0 saturated carbocycles. The van der Waals surface area contributed by atoms with Gasteiger partial charge in [0.2, 0.25) is 0 Å². The number of rotatable bonds is 5. The van der Waals surface area contributed by atoms with Crippen molar-refractivity contribution in [1.29, 1.82) is 5.26 Å². The van der Waals surface area contributed by atoms with Crippen LogP contribution in [0.3, 0.4) is 0 Å². The minimum atomic E-state index is 0.529. The van der Waals surface area contributed by atoms with Crippen LogP contribution in [-0.4, -0.2) is 19.1 Å². The van der Waals surface area contributed by atoms with Crippen LogP contribution in [0.25, 0.3) is 0 Å². The van der Waals surface area contributed by atoms with Crippen LogP contribution in [0.2, 0.25) is 5.02 Å². The molecule has 19 heavy (non-hydrogen) atoms. The first-order valence-electron chi connectivity index (χ1n) is 6.62. The maximum absolute atomic E-state index is 9.02. The fraction of sp³-hybridized carbons (Fsp3) is 0.500. The van der Waals surface area contributed by atoms with E-state index in [4.69, 9.17) is 16.9 Å². The molecule has 0 amide bonds. The van der Waals surface area contributed by atoms with E-state index >= 15 is 0 Å². The molecule has 3 N–H and O–H groups in total. The predicted molar refractivity (Wildman–Crippen MR) is 78.0 cm³/mol. The van der Waals surface area contributed by atoms with Crippen LogP contribution in [0, 0.1) is 17.2 Å². The Morgan fingerprint density at radius 3 is 3.05 bits per heavy atom. The summed E-state index contributed by atoms with van der Waals surface area (Å²) in [4.78, 5) is 0. The molecule has 1 aliphatic rings. The zero-order valence-corrected chi connectivity index (χ0v) is 11.8. The lowest BCUT2D eigenvalue weighted by Gasteiger charge is -2.14. The molecule has 2 rings (SSSR count). The van der Waals surface area contributed by atoms with Gasteiger partial charge in [-0.2, -0.15) is 5.26 Å². The van der Waals surface area contributed by atoms with Crippen LogP contribution in [0.1, 0.15) is 25.3 Å². The first-order chi connectivity index (χ1) is 9.20.